The monoisotopic (exact) mass is 393 g/mol. The molecule has 4 rings (SSSR count). The fourth-order valence-corrected chi connectivity index (χ4v) is 3.10. The van der Waals surface area contributed by atoms with Crippen LogP contribution in [0.3, 0.4) is 0 Å². The average Bonchev–Trinajstić information content (AvgIpc) is 3.23. The van der Waals surface area contributed by atoms with Crippen molar-refractivity contribution in [1.29, 1.82) is 0 Å². The van der Waals surface area contributed by atoms with Crippen molar-refractivity contribution in [1.82, 2.24) is 9.13 Å². The summed E-state index contributed by atoms with van der Waals surface area (Å²) in [5.74, 6) is -0.455. The molecule has 146 valence electrons. The number of amides is 1. The number of furan rings is 1. The molecule has 0 aliphatic carbocycles. The molecule has 0 saturated carbocycles. The number of rotatable bonds is 5. The highest BCUT2D eigenvalue weighted by molar-refractivity contribution is 5.91. The summed E-state index contributed by atoms with van der Waals surface area (Å²) in [7, 11) is 0. The minimum absolute atomic E-state index is 0.0465. The highest BCUT2D eigenvalue weighted by Crippen LogP contribution is 2.11. The van der Waals surface area contributed by atoms with E-state index in [2.05, 4.69) is 5.32 Å². The Morgan fingerprint density at radius 2 is 1.72 bits per heavy atom. The lowest BCUT2D eigenvalue weighted by Crippen LogP contribution is -2.42. The zero-order valence-electron chi connectivity index (χ0n) is 15.2. The Morgan fingerprint density at radius 1 is 0.966 bits per heavy atom. The van der Waals surface area contributed by atoms with Crippen molar-refractivity contribution in [2.75, 3.05) is 5.32 Å². The molecule has 1 amide bonds. The van der Waals surface area contributed by atoms with Crippen molar-refractivity contribution in [3.8, 4) is 0 Å². The van der Waals surface area contributed by atoms with Crippen LogP contribution in [0.25, 0.3) is 10.9 Å². The summed E-state index contributed by atoms with van der Waals surface area (Å²) >= 11 is 0. The molecule has 2 aromatic carbocycles. The van der Waals surface area contributed by atoms with Crippen molar-refractivity contribution < 1.29 is 13.6 Å². The van der Waals surface area contributed by atoms with Crippen LogP contribution in [0.2, 0.25) is 0 Å². The fourth-order valence-electron chi connectivity index (χ4n) is 3.10. The van der Waals surface area contributed by atoms with Crippen LogP contribution >= 0.6 is 0 Å². The standard InChI is InChI=1S/C21H16FN3O4/c22-14-7-9-15(10-8-14)23-19(26)13-24-18-6-2-1-5-17(18)20(27)25(21(24)28)12-16-4-3-11-29-16/h1-11H,12-13H2,(H,23,26). The van der Waals surface area contributed by atoms with Gasteiger partial charge in [-0.25, -0.2) is 9.18 Å². The van der Waals surface area contributed by atoms with Crippen molar-refractivity contribution in [3.63, 3.8) is 0 Å². The number of anilines is 1. The molecule has 8 heteroatoms. The van der Waals surface area contributed by atoms with Gasteiger partial charge >= 0.3 is 5.69 Å². The van der Waals surface area contributed by atoms with E-state index in [1.54, 1.807) is 36.4 Å². The molecule has 0 aliphatic rings. The van der Waals surface area contributed by atoms with Crippen LogP contribution in [0.1, 0.15) is 5.76 Å². The van der Waals surface area contributed by atoms with Gasteiger partial charge in [0, 0.05) is 5.69 Å². The molecule has 0 fully saturated rings. The van der Waals surface area contributed by atoms with Crippen molar-refractivity contribution >= 4 is 22.5 Å². The highest BCUT2D eigenvalue weighted by Gasteiger charge is 2.16. The molecule has 0 atom stereocenters. The topological polar surface area (TPSA) is 86.2 Å². The number of benzene rings is 2. The molecule has 0 aliphatic heterocycles. The van der Waals surface area contributed by atoms with Gasteiger partial charge in [-0.2, -0.15) is 0 Å². The van der Waals surface area contributed by atoms with Crippen LogP contribution in [0, 0.1) is 5.82 Å². The molecular weight excluding hydrogens is 377 g/mol. The van der Waals surface area contributed by atoms with Crippen LogP contribution in [-0.4, -0.2) is 15.0 Å². The van der Waals surface area contributed by atoms with E-state index in [9.17, 15) is 18.8 Å². The maximum atomic E-state index is 13.0. The lowest BCUT2D eigenvalue weighted by atomic mass is 10.2. The zero-order chi connectivity index (χ0) is 20.4. The number of nitrogens with one attached hydrogen (secondary N) is 1. The van der Waals surface area contributed by atoms with E-state index in [4.69, 9.17) is 4.42 Å². The van der Waals surface area contributed by atoms with Gasteiger partial charge in [-0.3, -0.25) is 18.7 Å². The van der Waals surface area contributed by atoms with Crippen molar-refractivity contribution in [2.24, 2.45) is 0 Å². The molecule has 4 aromatic rings. The number of para-hydroxylation sites is 1. The molecule has 2 heterocycles. The summed E-state index contributed by atoms with van der Waals surface area (Å²) in [5.41, 5.74) is -0.332. The Kier molecular flexibility index (Phi) is 4.82. The number of hydrogen-bond donors (Lipinski definition) is 1. The Balaban J connectivity index is 1.74. The third-order valence-corrected chi connectivity index (χ3v) is 4.46. The third kappa shape index (κ3) is 3.73. The van der Waals surface area contributed by atoms with Crippen molar-refractivity contribution in [2.45, 2.75) is 13.1 Å². The van der Waals surface area contributed by atoms with Crippen LogP contribution in [0.15, 0.2) is 80.9 Å². The smallest absolute Gasteiger partial charge is 0.332 e. The molecular formula is C21H16FN3O4. The average molecular weight is 393 g/mol. The maximum Gasteiger partial charge on any atom is 0.332 e. The lowest BCUT2D eigenvalue weighted by molar-refractivity contribution is -0.116. The Hall–Kier alpha value is -3.94. The van der Waals surface area contributed by atoms with E-state index in [1.165, 1.54) is 35.1 Å². The van der Waals surface area contributed by atoms with Gasteiger partial charge in [-0.1, -0.05) is 12.1 Å². The van der Waals surface area contributed by atoms with E-state index in [-0.39, 0.29) is 13.1 Å². The molecule has 0 unspecified atom stereocenters. The Labute approximate surface area is 163 Å². The van der Waals surface area contributed by atoms with Gasteiger partial charge in [0.2, 0.25) is 5.91 Å². The number of nitrogens with zero attached hydrogens (tertiary/aromatic N) is 2. The number of hydrogen-bond acceptors (Lipinski definition) is 4. The first-order chi connectivity index (χ1) is 14.0. The largest absolute Gasteiger partial charge is 0.467 e. The van der Waals surface area contributed by atoms with Gasteiger partial charge < -0.3 is 9.73 Å². The number of fused-ring (bicyclic) bond motifs is 1. The Morgan fingerprint density at radius 3 is 2.45 bits per heavy atom. The molecule has 0 saturated heterocycles. The van der Waals surface area contributed by atoms with E-state index >= 15 is 0 Å². The summed E-state index contributed by atoms with van der Waals surface area (Å²) in [6, 6.07) is 15.2. The maximum absolute atomic E-state index is 13.0. The van der Waals surface area contributed by atoms with Gasteiger partial charge in [0.1, 0.15) is 18.1 Å². The molecule has 1 N–H and O–H groups in total. The minimum Gasteiger partial charge on any atom is -0.467 e. The van der Waals surface area contributed by atoms with Crippen LogP contribution in [0.5, 0.6) is 0 Å². The second-order valence-electron chi connectivity index (χ2n) is 6.41. The van der Waals surface area contributed by atoms with Gasteiger partial charge in [0.15, 0.2) is 0 Å². The van der Waals surface area contributed by atoms with E-state index in [0.717, 1.165) is 4.57 Å². The second-order valence-corrected chi connectivity index (χ2v) is 6.41. The number of aromatic nitrogens is 2. The van der Waals surface area contributed by atoms with Gasteiger partial charge in [-0.15, -0.1) is 0 Å². The number of halogens is 1. The normalized spacial score (nSPS) is 10.9. The molecule has 0 spiro atoms. The summed E-state index contributed by atoms with van der Waals surface area (Å²) in [4.78, 5) is 38.3. The first kappa shape index (κ1) is 18.4. The predicted molar refractivity (Wildman–Crippen MR) is 105 cm³/mol. The van der Waals surface area contributed by atoms with Crippen molar-refractivity contribution in [3.05, 3.63) is 99.3 Å². The minimum atomic E-state index is -0.626. The molecule has 0 radical (unpaired) electrons. The summed E-state index contributed by atoms with van der Waals surface area (Å²) < 4.78 is 20.6. The fraction of sp³-hybridized carbons (Fsp3) is 0.0952. The Bertz CT molecular complexity index is 1290. The lowest BCUT2D eigenvalue weighted by Gasteiger charge is -2.13. The zero-order valence-corrected chi connectivity index (χ0v) is 15.2. The summed E-state index contributed by atoms with van der Waals surface area (Å²) in [5, 5.41) is 2.93. The number of carbonyl (C=O) groups is 1. The number of carbonyl (C=O) groups excluding carboxylic acids is 1. The van der Waals surface area contributed by atoms with Crippen LogP contribution < -0.4 is 16.6 Å². The molecule has 2 aromatic heterocycles. The van der Waals surface area contributed by atoms with Crippen LogP contribution in [-0.2, 0) is 17.9 Å². The third-order valence-electron chi connectivity index (χ3n) is 4.46. The summed E-state index contributed by atoms with van der Waals surface area (Å²) in [6.07, 6.45) is 1.45. The first-order valence-corrected chi connectivity index (χ1v) is 8.83. The van der Waals surface area contributed by atoms with Gasteiger partial charge in [-0.05, 0) is 48.5 Å². The van der Waals surface area contributed by atoms with E-state index < -0.39 is 23.0 Å². The highest BCUT2D eigenvalue weighted by atomic mass is 19.1. The summed E-state index contributed by atoms with van der Waals surface area (Å²) in [6.45, 7) is -0.357. The SMILES string of the molecule is O=C(Cn1c(=O)n(Cc2ccco2)c(=O)c2ccccc21)Nc1ccc(F)cc1. The van der Waals surface area contributed by atoms with E-state index in [1.807, 2.05) is 0 Å². The molecule has 29 heavy (non-hydrogen) atoms. The molecule has 7 nitrogen and oxygen atoms in total. The van der Waals surface area contributed by atoms with Crippen LogP contribution in [0.4, 0.5) is 10.1 Å². The quantitative estimate of drug-likeness (QED) is 0.565. The van der Waals surface area contributed by atoms with E-state index in [0.29, 0.717) is 22.4 Å². The van der Waals surface area contributed by atoms with Gasteiger partial charge in [0.05, 0.1) is 23.7 Å². The van der Waals surface area contributed by atoms with Gasteiger partial charge in [0.25, 0.3) is 5.56 Å². The molecule has 0 bridgehead atoms. The predicted octanol–water partition coefficient (Wildman–Crippen LogP) is 2.58. The second kappa shape index (κ2) is 7.59. The first-order valence-electron chi connectivity index (χ1n) is 8.83.